The number of anilines is 1. The summed E-state index contributed by atoms with van der Waals surface area (Å²) in [6.07, 6.45) is 2.15. The van der Waals surface area contributed by atoms with E-state index in [1.807, 2.05) is 6.92 Å². The Hall–Kier alpha value is -1.01. The van der Waals surface area contributed by atoms with E-state index in [4.69, 9.17) is 4.74 Å². The number of ether oxygens (including phenoxy) is 1. The molecule has 76 valence electrons. The van der Waals surface area contributed by atoms with Crippen molar-refractivity contribution in [1.29, 1.82) is 0 Å². The Morgan fingerprint density at radius 3 is 3.21 bits per heavy atom. The number of nitrogens with zero attached hydrogens (tertiary/aromatic N) is 2. The van der Waals surface area contributed by atoms with E-state index in [-0.39, 0.29) is 17.9 Å². The number of rotatable bonds is 2. The van der Waals surface area contributed by atoms with Crippen molar-refractivity contribution in [1.82, 2.24) is 9.59 Å². The maximum absolute atomic E-state index is 11.6. The average molecular weight is 213 g/mol. The molecule has 1 fully saturated rings. The predicted octanol–water partition coefficient (Wildman–Crippen LogP) is 0.902. The summed E-state index contributed by atoms with van der Waals surface area (Å²) in [4.78, 5) is 11.6. The number of carbonyl (C=O) groups excluding carboxylic acids is 1. The van der Waals surface area contributed by atoms with E-state index in [2.05, 4.69) is 14.9 Å². The third-order valence-electron chi connectivity index (χ3n) is 2.25. The van der Waals surface area contributed by atoms with Crippen LogP contribution in [-0.2, 0) is 9.53 Å². The summed E-state index contributed by atoms with van der Waals surface area (Å²) >= 11 is 1.16. The van der Waals surface area contributed by atoms with Crippen LogP contribution >= 0.6 is 11.5 Å². The van der Waals surface area contributed by atoms with E-state index in [0.29, 0.717) is 11.6 Å². The number of aromatic nitrogens is 2. The largest absolute Gasteiger partial charge is 0.368 e. The van der Waals surface area contributed by atoms with E-state index in [9.17, 15) is 4.79 Å². The Morgan fingerprint density at radius 2 is 2.64 bits per heavy atom. The third kappa shape index (κ3) is 1.91. The smallest absolute Gasteiger partial charge is 0.254 e. The second-order valence-electron chi connectivity index (χ2n) is 3.33. The first-order valence-electron chi connectivity index (χ1n) is 4.47. The molecule has 1 N–H and O–H groups in total. The number of nitrogens with one attached hydrogen (secondary N) is 1. The Kier molecular flexibility index (Phi) is 2.74. The van der Waals surface area contributed by atoms with Gasteiger partial charge in [0.2, 0.25) is 0 Å². The summed E-state index contributed by atoms with van der Waals surface area (Å²) in [5, 5.41) is 7.02. The second-order valence-corrected chi connectivity index (χ2v) is 4.11. The molecule has 0 aromatic carbocycles. The molecule has 1 aromatic heterocycles. The minimum Gasteiger partial charge on any atom is -0.368 e. The van der Waals surface area contributed by atoms with Gasteiger partial charge in [-0.1, -0.05) is 11.4 Å². The molecule has 5 nitrogen and oxygen atoms in total. The van der Waals surface area contributed by atoms with Crippen LogP contribution in [0.5, 0.6) is 0 Å². The lowest BCUT2D eigenvalue weighted by atomic mass is 10.0. The van der Waals surface area contributed by atoms with Gasteiger partial charge < -0.3 is 10.1 Å². The molecular formula is C8H11N3O2S. The highest BCUT2D eigenvalue weighted by molar-refractivity contribution is 7.10. The van der Waals surface area contributed by atoms with Crippen LogP contribution in [0.15, 0.2) is 6.20 Å². The van der Waals surface area contributed by atoms with Gasteiger partial charge in [-0.3, -0.25) is 4.79 Å². The molecule has 1 aromatic rings. The highest BCUT2D eigenvalue weighted by Gasteiger charge is 2.30. The number of carbonyl (C=O) groups is 1. The van der Waals surface area contributed by atoms with Gasteiger partial charge in [0.25, 0.3) is 5.91 Å². The first-order chi connectivity index (χ1) is 6.77. The van der Waals surface area contributed by atoms with Crippen molar-refractivity contribution in [3.63, 3.8) is 0 Å². The van der Waals surface area contributed by atoms with Gasteiger partial charge in [0.15, 0.2) is 0 Å². The van der Waals surface area contributed by atoms with Crippen LogP contribution in [0.3, 0.4) is 0 Å². The molecule has 1 saturated heterocycles. The second kappa shape index (κ2) is 4.02. The summed E-state index contributed by atoms with van der Waals surface area (Å²) in [5.74, 6) is 0.192. The molecule has 0 spiro atoms. The van der Waals surface area contributed by atoms with Crippen LogP contribution in [0.4, 0.5) is 5.00 Å². The van der Waals surface area contributed by atoms with Crippen molar-refractivity contribution in [2.45, 2.75) is 19.4 Å². The topological polar surface area (TPSA) is 64.1 Å². The molecule has 0 aliphatic carbocycles. The van der Waals surface area contributed by atoms with Crippen molar-refractivity contribution in [3.8, 4) is 0 Å². The van der Waals surface area contributed by atoms with Crippen molar-refractivity contribution in [3.05, 3.63) is 6.20 Å². The van der Waals surface area contributed by atoms with Crippen molar-refractivity contribution < 1.29 is 9.53 Å². The Morgan fingerprint density at radius 1 is 1.79 bits per heavy atom. The molecule has 0 saturated carbocycles. The summed E-state index contributed by atoms with van der Waals surface area (Å²) in [6, 6.07) is 0. The number of hydrogen-bond donors (Lipinski definition) is 1. The van der Waals surface area contributed by atoms with E-state index in [1.165, 1.54) is 6.20 Å². The quantitative estimate of drug-likeness (QED) is 0.792. The standard InChI is InChI=1S/C8H11N3O2S/c1-5-2-3-13-7(5)8(12)10-6-4-9-11-14-6/h4-5,7H,2-3H2,1H3,(H,10,12)/t5-,7+/m1/s1. The fourth-order valence-electron chi connectivity index (χ4n) is 1.45. The first-order valence-corrected chi connectivity index (χ1v) is 5.24. The molecule has 0 unspecified atom stereocenters. The van der Waals surface area contributed by atoms with Gasteiger partial charge in [-0.25, -0.2) is 0 Å². The molecule has 2 heterocycles. The fourth-order valence-corrected chi connectivity index (χ4v) is 1.87. The molecule has 6 heteroatoms. The SMILES string of the molecule is C[C@@H]1CCO[C@@H]1C(=O)Nc1cnns1. The zero-order chi connectivity index (χ0) is 9.97. The molecule has 1 aliphatic rings. The van der Waals surface area contributed by atoms with Crippen LogP contribution < -0.4 is 5.32 Å². The van der Waals surface area contributed by atoms with E-state index in [1.54, 1.807) is 0 Å². The van der Waals surface area contributed by atoms with Crippen molar-refractivity contribution in [2.75, 3.05) is 11.9 Å². The van der Waals surface area contributed by atoms with Crippen LogP contribution in [0.2, 0.25) is 0 Å². The zero-order valence-electron chi connectivity index (χ0n) is 7.77. The predicted molar refractivity (Wildman–Crippen MR) is 52.1 cm³/mol. The molecule has 1 amide bonds. The van der Waals surface area contributed by atoms with Gasteiger partial charge >= 0.3 is 0 Å². The summed E-state index contributed by atoms with van der Waals surface area (Å²) in [5.41, 5.74) is 0. The lowest BCUT2D eigenvalue weighted by Gasteiger charge is -2.12. The number of hydrogen-bond acceptors (Lipinski definition) is 5. The first kappa shape index (κ1) is 9.54. The van der Waals surface area contributed by atoms with Gasteiger partial charge in [0.1, 0.15) is 11.1 Å². The maximum atomic E-state index is 11.6. The average Bonchev–Trinajstić information content (AvgIpc) is 2.75. The monoisotopic (exact) mass is 213 g/mol. The number of amides is 1. The summed E-state index contributed by atoms with van der Waals surface area (Å²) < 4.78 is 8.98. The van der Waals surface area contributed by atoms with E-state index in [0.717, 1.165) is 18.0 Å². The fraction of sp³-hybridized carbons (Fsp3) is 0.625. The molecule has 0 bridgehead atoms. The molecular weight excluding hydrogens is 202 g/mol. The van der Waals surface area contributed by atoms with Gasteiger partial charge in [-0.05, 0) is 12.3 Å². The molecule has 2 rings (SSSR count). The molecule has 14 heavy (non-hydrogen) atoms. The van der Waals surface area contributed by atoms with Gasteiger partial charge in [-0.2, -0.15) is 0 Å². The highest BCUT2D eigenvalue weighted by atomic mass is 32.1. The normalized spacial score (nSPS) is 26.4. The van der Waals surface area contributed by atoms with Gasteiger partial charge in [0.05, 0.1) is 6.20 Å². The Bertz CT molecular complexity index is 314. The zero-order valence-corrected chi connectivity index (χ0v) is 8.58. The van der Waals surface area contributed by atoms with Crippen LogP contribution in [0.25, 0.3) is 0 Å². The van der Waals surface area contributed by atoms with Gasteiger partial charge in [0, 0.05) is 18.1 Å². The van der Waals surface area contributed by atoms with Crippen LogP contribution in [0, 0.1) is 5.92 Å². The molecule has 0 radical (unpaired) electrons. The lowest BCUT2D eigenvalue weighted by molar-refractivity contribution is -0.126. The Labute approximate surface area is 85.6 Å². The highest BCUT2D eigenvalue weighted by Crippen LogP contribution is 2.21. The third-order valence-corrected chi connectivity index (χ3v) is 2.83. The Balaban J connectivity index is 1.95. The van der Waals surface area contributed by atoms with Crippen molar-refractivity contribution >= 4 is 22.4 Å². The van der Waals surface area contributed by atoms with Crippen LogP contribution in [0.1, 0.15) is 13.3 Å². The van der Waals surface area contributed by atoms with Gasteiger partial charge in [-0.15, -0.1) is 5.10 Å². The molecule has 2 atom stereocenters. The lowest BCUT2D eigenvalue weighted by Crippen LogP contribution is -2.30. The van der Waals surface area contributed by atoms with E-state index < -0.39 is 0 Å². The minimum atomic E-state index is -0.322. The van der Waals surface area contributed by atoms with E-state index >= 15 is 0 Å². The van der Waals surface area contributed by atoms with Crippen molar-refractivity contribution in [2.24, 2.45) is 5.92 Å². The minimum absolute atomic E-state index is 0.0962. The van der Waals surface area contributed by atoms with Crippen LogP contribution in [-0.4, -0.2) is 28.2 Å². The summed E-state index contributed by atoms with van der Waals surface area (Å²) in [7, 11) is 0. The maximum Gasteiger partial charge on any atom is 0.254 e. The summed E-state index contributed by atoms with van der Waals surface area (Å²) in [6.45, 7) is 2.68. The molecule has 1 aliphatic heterocycles.